The van der Waals surface area contributed by atoms with E-state index in [1.54, 1.807) is 49.6 Å². The number of amides is 2. The van der Waals surface area contributed by atoms with E-state index in [0.717, 1.165) is 5.56 Å². The van der Waals surface area contributed by atoms with Crippen molar-refractivity contribution >= 4 is 27.4 Å². The Morgan fingerprint density at radius 2 is 1.83 bits per heavy atom. The normalized spacial score (nSPS) is 12.1. The third-order valence-electron chi connectivity index (χ3n) is 4.22. The standard InChI is InChI=1S/C21H22N4O4S/c1-15(26)17-5-2-6-19(12-17)25-30(28,29)20-9-7-18(8-10-20)24-21(27)23-14-16-4-3-11-22-13-16/h2-13,15,25-26H,14H2,1H3,(H2,23,24,27). The van der Waals surface area contributed by atoms with Crippen LogP contribution in [0.4, 0.5) is 16.2 Å². The zero-order chi connectivity index (χ0) is 21.6. The van der Waals surface area contributed by atoms with Gasteiger partial charge in [-0.1, -0.05) is 18.2 Å². The number of rotatable bonds is 7. The summed E-state index contributed by atoms with van der Waals surface area (Å²) in [7, 11) is -3.81. The zero-order valence-electron chi connectivity index (χ0n) is 16.2. The molecular formula is C21H22N4O4S. The molecule has 3 aromatic rings. The smallest absolute Gasteiger partial charge is 0.319 e. The molecule has 0 aliphatic carbocycles. The number of urea groups is 1. The number of nitrogens with zero attached hydrogens (tertiary/aromatic N) is 1. The molecule has 0 aliphatic heterocycles. The van der Waals surface area contributed by atoms with E-state index >= 15 is 0 Å². The fourth-order valence-electron chi connectivity index (χ4n) is 2.65. The van der Waals surface area contributed by atoms with Crippen LogP contribution in [0.3, 0.4) is 0 Å². The minimum Gasteiger partial charge on any atom is -0.389 e. The molecule has 0 saturated carbocycles. The van der Waals surface area contributed by atoms with Gasteiger partial charge in [-0.15, -0.1) is 0 Å². The van der Waals surface area contributed by atoms with E-state index in [0.29, 0.717) is 23.5 Å². The molecule has 1 aromatic heterocycles. The highest BCUT2D eigenvalue weighted by atomic mass is 32.2. The van der Waals surface area contributed by atoms with Gasteiger partial charge in [0.05, 0.1) is 11.0 Å². The van der Waals surface area contributed by atoms with Gasteiger partial charge in [0.15, 0.2) is 0 Å². The van der Waals surface area contributed by atoms with E-state index in [-0.39, 0.29) is 4.90 Å². The Labute approximate surface area is 175 Å². The molecule has 4 N–H and O–H groups in total. The maximum Gasteiger partial charge on any atom is 0.319 e. The summed E-state index contributed by atoms with van der Waals surface area (Å²) < 4.78 is 27.7. The highest BCUT2D eigenvalue weighted by Gasteiger charge is 2.15. The summed E-state index contributed by atoms with van der Waals surface area (Å²) in [5.74, 6) is 0. The molecule has 0 radical (unpaired) electrons. The number of nitrogens with one attached hydrogen (secondary N) is 3. The zero-order valence-corrected chi connectivity index (χ0v) is 17.1. The molecule has 30 heavy (non-hydrogen) atoms. The minimum absolute atomic E-state index is 0.0475. The van der Waals surface area contributed by atoms with Crippen LogP contribution in [0.15, 0.2) is 78.0 Å². The van der Waals surface area contributed by atoms with Crippen LogP contribution in [0.5, 0.6) is 0 Å². The number of carbonyl (C=O) groups is 1. The van der Waals surface area contributed by atoms with Crippen molar-refractivity contribution in [3.63, 3.8) is 0 Å². The van der Waals surface area contributed by atoms with Crippen LogP contribution >= 0.6 is 0 Å². The van der Waals surface area contributed by atoms with Crippen LogP contribution in [0, 0.1) is 0 Å². The summed E-state index contributed by atoms with van der Waals surface area (Å²) >= 11 is 0. The van der Waals surface area contributed by atoms with Crippen LogP contribution < -0.4 is 15.4 Å². The Hall–Kier alpha value is -3.43. The molecular weight excluding hydrogens is 404 g/mol. The van der Waals surface area contributed by atoms with Gasteiger partial charge >= 0.3 is 6.03 Å². The lowest BCUT2D eigenvalue weighted by molar-refractivity contribution is 0.199. The topological polar surface area (TPSA) is 120 Å². The molecule has 8 nitrogen and oxygen atoms in total. The molecule has 2 amide bonds. The summed E-state index contributed by atoms with van der Waals surface area (Å²) in [6.07, 6.45) is 2.60. The number of sulfonamides is 1. The molecule has 1 atom stereocenters. The number of pyridine rings is 1. The maximum absolute atomic E-state index is 12.6. The van der Waals surface area contributed by atoms with E-state index in [1.807, 2.05) is 6.07 Å². The highest BCUT2D eigenvalue weighted by Crippen LogP contribution is 2.21. The summed E-state index contributed by atoms with van der Waals surface area (Å²) in [6.45, 7) is 1.92. The lowest BCUT2D eigenvalue weighted by Crippen LogP contribution is -2.28. The summed E-state index contributed by atoms with van der Waals surface area (Å²) in [6, 6.07) is 15.6. The van der Waals surface area contributed by atoms with E-state index in [1.165, 1.54) is 24.3 Å². The SMILES string of the molecule is CC(O)c1cccc(NS(=O)(=O)c2ccc(NC(=O)NCc3cccnc3)cc2)c1. The maximum atomic E-state index is 12.6. The molecule has 0 fully saturated rings. The van der Waals surface area contributed by atoms with Crippen molar-refractivity contribution < 1.29 is 18.3 Å². The van der Waals surface area contributed by atoms with Gasteiger partial charge in [-0.2, -0.15) is 0 Å². The molecule has 1 heterocycles. The molecule has 0 bridgehead atoms. The molecule has 3 rings (SSSR count). The van der Waals surface area contributed by atoms with E-state index < -0.39 is 22.2 Å². The first-order chi connectivity index (χ1) is 14.3. The van der Waals surface area contributed by atoms with E-state index in [9.17, 15) is 18.3 Å². The average Bonchev–Trinajstić information content (AvgIpc) is 2.73. The molecule has 0 spiro atoms. The Morgan fingerprint density at radius 1 is 1.07 bits per heavy atom. The first-order valence-corrected chi connectivity index (χ1v) is 10.7. The molecule has 0 aliphatic rings. The van der Waals surface area contributed by atoms with Crippen molar-refractivity contribution in [3.8, 4) is 0 Å². The second kappa shape index (κ2) is 9.38. The van der Waals surface area contributed by atoms with Gasteiger partial charge in [0, 0.05) is 30.3 Å². The predicted octanol–water partition coefficient (Wildman–Crippen LogP) is 3.26. The first-order valence-electron chi connectivity index (χ1n) is 9.18. The second-order valence-electron chi connectivity index (χ2n) is 6.60. The number of aromatic nitrogens is 1. The molecule has 0 saturated heterocycles. The first kappa shape index (κ1) is 21.3. The average molecular weight is 426 g/mol. The number of hydrogen-bond acceptors (Lipinski definition) is 5. The third kappa shape index (κ3) is 5.79. The Balaban J connectivity index is 1.61. The number of anilines is 2. The molecule has 1 unspecified atom stereocenters. The van der Waals surface area contributed by atoms with Crippen LogP contribution in [0.25, 0.3) is 0 Å². The van der Waals surface area contributed by atoms with Gasteiger partial charge in [-0.3, -0.25) is 9.71 Å². The largest absolute Gasteiger partial charge is 0.389 e. The van der Waals surface area contributed by atoms with Crippen LogP contribution in [-0.4, -0.2) is 24.5 Å². The molecule has 156 valence electrons. The molecule has 2 aromatic carbocycles. The van der Waals surface area contributed by atoms with Crippen molar-refractivity contribution in [1.82, 2.24) is 10.3 Å². The number of benzene rings is 2. The van der Waals surface area contributed by atoms with Crippen molar-refractivity contribution in [2.24, 2.45) is 0 Å². The van der Waals surface area contributed by atoms with Crippen LogP contribution in [0.2, 0.25) is 0 Å². The van der Waals surface area contributed by atoms with Gasteiger partial charge < -0.3 is 15.7 Å². The van der Waals surface area contributed by atoms with Crippen LogP contribution in [0.1, 0.15) is 24.2 Å². The van der Waals surface area contributed by atoms with E-state index in [2.05, 4.69) is 20.3 Å². The van der Waals surface area contributed by atoms with Gasteiger partial charge in [0.1, 0.15) is 0 Å². The van der Waals surface area contributed by atoms with Gasteiger partial charge in [-0.05, 0) is 60.5 Å². The number of carbonyl (C=O) groups excluding carboxylic acids is 1. The summed E-state index contributed by atoms with van der Waals surface area (Å²) in [5, 5.41) is 15.0. The quantitative estimate of drug-likeness (QED) is 0.462. The number of hydrogen-bond donors (Lipinski definition) is 4. The number of aliphatic hydroxyl groups excluding tert-OH is 1. The molecule has 9 heteroatoms. The Kier molecular flexibility index (Phi) is 6.65. The monoisotopic (exact) mass is 426 g/mol. The minimum atomic E-state index is -3.81. The van der Waals surface area contributed by atoms with Crippen molar-refractivity contribution in [3.05, 3.63) is 84.2 Å². The van der Waals surface area contributed by atoms with Crippen molar-refractivity contribution in [1.29, 1.82) is 0 Å². The second-order valence-corrected chi connectivity index (χ2v) is 8.28. The fraction of sp³-hybridized carbons (Fsp3) is 0.143. The Morgan fingerprint density at radius 3 is 2.50 bits per heavy atom. The third-order valence-corrected chi connectivity index (χ3v) is 5.62. The highest BCUT2D eigenvalue weighted by molar-refractivity contribution is 7.92. The van der Waals surface area contributed by atoms with Gasteiger partial charge in [-0.25, -0.2) is 13.2 Å². The summed E-state index contributed by atoms with van der Waals surface area (Å²) in [5.41, 5.74) is 2.27. The lowest BCUT2D eigenvalue weighted by atomic mass is 10.1. The Bertz CT molecular complexity index is 1100. The van der Waals surface area contributed by atoms with Crippen molar-refractivity contribution in [2.45, 2.75) is 24.5 Å². The van der Waals surface area contributed by atoms with Gasteiger partial charge in [0.2, 0.25) is 0 Å². The predicted molar refractivity (Wildman–Crippen MR) is 114 cm³/mol. The fourth-order valence-corrected chi connectivity index (χ4v) is 3.70. The van der Waals surface area contributed by atoms with Crippen molar-refractivity contribution in [2.75, 3.05) is 10.0 Å². The lowest BCUT2D eigenvalue weighted by Gasteiger charge is -2.12. The van der Waals surface area contributed by atoms with Crippen LogP contribution in [-0.2, 0) is 16.6 Å². The summed E-state index contributed by atoms with van der Waals surface area (Å²) in [4.78, 5) is 16.0. The van der Waals surface area contributed by atoms with E-state index in [4.69, 9.17) is 0 Å². The number of aliphatic hydroxyl groups is 1. The van der Waals surface area contributed by atoms with Gasteiger partial charge in [0.25, 0.3) is 10.0 Å².